The monoisotopic (exact) mass is 240 g/mol. The van der Waals surface area contributed by atoms with E-state index in [0.717, 1.165) is 6.54 Å². The normalized spacial score (nSPS) is 12.7. The van der Waals surface area contributed by atoms with Gasteiger partial charge in [-0.2, -0.15) is 5.10 Å². The van der Waals surface area contributed by atoms with E-state index >= 15 is 0 Å². The van der Waals surface area contributed by atoms with Crippen LogP contribution in [0.3, 0.4) is 0 Å². The first kappa shape index (κ1) is 13.6. The Kier molecular flexibility index (Phi) is 4.62. The molecule has 0 saturated carbocycles. The molecule has 0 amide bonds. The lowest BCUT2D eigenvalue weighted by Crippen LogP contribution is -2.28. The third-order valence-electron chi connectivity index (χ3n) is 2.73. The fraction of sp³-hybridized carbons (Fsp3) is 0.727. The van der Waals surface area contributed by atoms with Crippen molar-refractivity contribution < 1.29 is 4.92 Å². The molecule has 1 unspecified atom stereocenters. The first-order valence-electron chi connectivity index (χ1n) is 5.95. The second kappa shape index (κ2) is 5.77. The molecule has 17 heavy (non-hydrogen) atoms. The Morgan fingerprint density at radius 2 is 2.18 bits per heavy atom. The molecule has 0 bridgehead atoms. The Morgan fingerprint density at radius 1 is 1.53 bits per heavy atom. The fourth-order valence-electron chi connectivity index (χ4n) is 2.03. The fourth-order valence-corrected chi connectivity index (χ4v) is 2.03. The zero-order valence-electron chi connectivity index (χ0n) is 10.9. The Labute approximate surface area is 101 Å². The van der Waals surface area contributed by atoms with Gasteiger partial charge in [0.2, 0.25) is 0 Å². The molecule has 1 heterocycles. The van der Waals surface area contributed by atoms with Crippen LogP contribution in [-0.4, -0.2) is 27.3 Å². The second-order valence-electron chi connectivity index (χ2n) is 4.12. The van der Waals surface area contributed by atoms with Crippen LogP contribution in [0.15, 0.2) is 0 Å². The van der Waals surface area contributed by atoms with E-state index in [9.17, 15) is 10.1 Å². The zero-order valence-corrected chi connectivity index (χ0v) is 10.9. The molecule has 0 aliphatic heterocycles. The molecule has 6 nitrogen and oxygen atoms in total. The summed E-state index contributed by atoms with van der Waals surface area (Å²) in [5, 5.41) is 18.5. The van der Waals surface area contributed by atoms with Crippen molar-refractivity contribution in [3.05, 3.63) is 21.5 Å². The van der Waals surface area contributed by atoms with Crippen molar-refractivity contribution in [1.29, 1.82) is 0 Å². The predicted molar refractivity (Wildman–Crippen MR) is 66.1 cm³/mol. The maximum atomic E-state index is 11.0. The molecule has 0 radical (unpaired) electrons. The van der Waals surface area contributed by atoms with Gasteiger partial charge in [0.25, 0.3) is 0 Å². The number of rotatable bonds is 6. The predicted octanol–water partition coefficient (Wildman–Crippen LogP) is 1.66. The molecule has 0 aliphatic carbocycles. The molecule has 1 aromatic rings. The lowest BCUT2D eigenvalue weighted by Gasteiger charge is -2.12. The Bertz CT molecular complexity index is 400. The molecule has 6 heteroatoms. The average Bonchev–Trinajstić information content (AvgIpc) is 2.55. The third-order valence-corrected chi connectivity index (χ3v) is 2.73. The average molecular weight is 240 g/mol. The minimum atomic E-state index is -0.331. The van der Waals surface area contributed by atoms with Crippen molar-refractivity contribution in [2.24, 2.45) is 0 Å². The van der Waals surface area contributed by atoms with Gasteiger partial charge in [0.15, 0.2) is 0 Å². The van der Waals surface area contributed by atoms with Crippen LogP contribution in [0.4, 0.5) is 5.69 Å². The molecule has 0 aromatic carbocycles. The summed E-state index contributed by atoms with van der Waals surface area (Å²) in [6, 6.07) is 0.208. The summed E-state index contributed by atoms with van der Waals surface area (Å²) in [5.41, 5.74) is 1.37. The quantitative estimate of drug-likeness (QED) is 0.606. The van der Waals surface area contributed by atoms with Crippen molar-refractivity contribution in [2.45, 2.75) is 46.7 Å². The van der Waals surface area contributed by atoms with Crippen molar-refractivity contribution in [3.63, 3.8) is 0 Å². The van der Waals surface area contributed by atoms with E-state index < -0.39 is 0 Å². The molecule has 1 aromatic heterocycles. The van der Waals surface area contributed by atoms with Gasteiger partial charge in [-0.15, -0.1) is 0 Å². The van der Waals surface area contributed by atoms with Crippen LogP contribution in [0.2, 0.25) is 0 Å². The molecular weight excluding hydrogens is 220 g/mol. The van der Waals surface area contributed by atoms with Crippen molar-refractivity contribution in [1.82, 2.24) is 15.1 Å². The minimum absolute atomic E-state index is 0.164. The summed E-state index contributed by atoms with van der Waals surface area (Å²) in [6.07, 6.45) is 0.624. The number of aromatic nitrogens is 2. The minimum Gasteiger partial charge on any atom is -0.314 e. The van der Waals surface area contributed by atoms with Gasteiger partial charge in [0.1, 0.15) is 11.4 Å². The summed E-state index contributed by atoms with van der Waals surface area (Å²) < 4.78 is 1.72. The van der Waals surface area contributed by atoms with Crippen molar-refractivity contribution >= 4 is 5.69 Å². The van der Waals surface area contributed by atoms with Crippen LogP contribution in [0.25, 0.3) is 0 Å². The lowest BCUT2D eigenvalue weighted by atomic mass is 10.1. The van der Waals surface area contributed by atoms with E-state index in [2.05, 4.69) is 10.4 Å². The van der Waals surface area contributed by atoms with Gasteiger partial charge in [-0.3, -0.25) is 14.8 Å². The molecule has 0 aliphatic rings. The highest BCUT2D eigenvalue weighted by molar-refractivity contribution is 5.41. The molecule has 1 rings (SSSR count). The Balaban J connectivity index is 3.06. The summed E-state index contributed by atoms with van der Waals surface area (Å²) in [7, 11) is 0. The van der Waals surface area contributed by atoms with Crippen LogP contribution < -0.4 is 5.32 Å². The molecule has 1 N–H and O–H groups in total. The van der Waals surface area contributed by atoms with Crippen LogP contribution in [0, 0.1) is 17.0 Å². The van der Waals surface area contributed by atoms with E-state index in [0.29, 0.717) is 24.4 Å². The van der Waals surface area contributed by atoms with Crippen LogP contribution in [0.1, 0.15) is 32.2 Å². The number of nitrogens with one attached hydrogen (secondary N) is 1. The lowest BCUT2D eigenvalue weighted by molar-refractivity contribution is -0.386. The summed E-state index contributed by atoms with van der Waals surface area (Å²) in [5.74, 6) is 0. The van der Waals surface area contributed by atoms with E-state index in [1.165, 1.54) is 0 Å². The highest BCUT2D eigenvalue weighted by Crippen LogP contribution is 2.24. The molecule has 96 valence electrons. The van der Waals surface area contributed by atoms with E-state index in [-0.39, 0.29) is 16.7 Å². The smallest absolute Gasteiger partial charge is 0.313 e. The number of likely N-dealkylation sites (N-methyl/N-ethyl adjacent to an activating group) is 1. The zero-order chi connectivity index (χ0) is 13.0. The molecule has 0 saturated heterocycles. The maximum absolute atomic E-state index is 11.0. The van der Waals surface area contributed by atoms with E-state index in [4.69, 9.17) is 0 Å². The van der Waals surface area contributed by atoms with Gasteiger partial charge in [-0.1, -0.05) is 6.92 Å². The number of hydrogen-bond donors (Lipinski definition) is 1. The summed E-state index contributed by atoms with van der Waals surface area (Å²) in [6.45, 7) is 9.18. The number of hydrogen-bond acceptors (Lipinski definition) is 4. The molecule has 1 atom stereocenters. The number of aryl methyl sites for hydroxylation is 2. The topological polar surface area (TPSA) is 73.0 Å². The van der Waals surface area contributed by atoms with Gasteiger partial charge in [0.05, 0.1) is 4.92 Å². The largest absolute Gasteiger partial charge is 0.314 e. The first-order chi connectivity index (χ1) is 8.01. The van der Waals surface area contributed by atoms with Crippen molar-refractivity contribution in [2.75, 3.05) is 6.54 Å². The SMILES string of the molecule is CCNC(C)Cc1c([N+](=O)[O-])c(C)nn1CC. The highest BCUT2D eigenvalue weighted by atomic mass is 16.6. The van der Waals surface area contributed by atoms with E-state index in [1.807, 2.05) is 20.8 Å². The Hall–Kier alpha value is -1.43. The van der Waals surface area contributed by atoms with Gasteiger partial charge in [0, 0.05) is 19.0 Å². The Morgan fingerprint density at radius 3 is 2.65 bits per heavy atom. The van der Waals surface area contributed by atoms with Gasteiger partial charge in [-0.05, 0) is 27.3 Å². The number of nitrogens with zero attached hydrogens (tertiary/aromatic N) is 3. The maximum Gasteiger partial charge on any atom is 0.313 e. The molecular formula is C11H20N4O2. The standard InChI is InChI=1S/C11H20N4O2/c1-5-12-8(3)7-10-11(15(16)17)9(4)13-14(10)6-2/h8,12H,5-7H2,1-4H3. The highest BCUT2D eigenvalue weighted by Gasteiger charge is 2.25. The molecule has 0 fully saturated rings. The van der Waals surface area contributed by atoms with Gasteiger partial charge < -0.3 is 5.32 Å². The summed E-state index contributed by atoms with van der Waals surface area (Å²) >= 11 is 0. The van der Waals surface area contributed by atoms with Crippen LogP contribution >= 0.6 is 0 Å². The second-order valence-corrected chi connectivity index (χ2v) is 4.12. The number of nitro groups is 1. The van der Waals surface area contributed by atoms with Crippen LogP contribution in [0.5, 0.6) is 0 Å². The first-order valence-corrected chi connectivity index (χ1v) is 5.95. The molecule has 0 spiro atoms. The van der Waals surface area contributed by atoms with Gasteiger partial charge >= 0.3 is 5.69 Å². The summed E-state index contributed by atoms with van der Waals surface area (Å²) in [4.78, 5) is 10.7. The van der Waals surface area contributed by atoms with Crippen molar-refractivity contribution in [3.8, 4) is 0 Å². The van der Waals surface area contributed by atoms with Crippen LogP contribution in [-0.2, 0) is 13.0 Å². The van der Waals surface area contributed by atoms with E-state index in [1.54, 1.807) is 11.6 Å². The van der Waals surface area contributed by atoms with Gasteiger partial charge in [-0.25, -0.2) is 0 Å². The third kappa shape index (κ3) is 3.03.